The van der Waals surface area contributed by atoms with Gasteiger partial charge in [-0.25, -0.2) is 5.84 Å². The number of hydrazine groups is 1. The second-order valence-corrected chi connectivity index (χ2v) is 7.41. The number of nitrogens with two attached hydrogens (primary N) is 1. The number of benzene rings is 1. The van der Waals surface area contributed by atoms with Crippen LogP contribution in [0.2, 0.25) is 0 Å². The van der Waals surface area contributed by atoms with Crippen LogP contribution in [0.1, 0.15) is 52.5 Å². The first kappa shape index (κ1) is 17.6. The van der Waals surface area contributed by atoms with Crippen molar-refractivity contribution >= 4 is 11.6 Å². The van der Waals surface area contributed by atoms with Gasteiger partial charge in [-0.15, -0.1) is 0 Å². The lowest BCUT2D eigenvalue weighted by molar-refractivity contribution is -0.123. The molecule has 0 unspecified atom stereocenters. The number of nitrogens with zero attached hydrogens (tertiary/aromatic N) is 1. The summed E-state index contributed by atoms with van der Waals surface area (Å²) >= 11 is 0. The minimum absolute atomic E-state index is 0.130. The molecule has 1 aliphatic rings. The molecule has 1 aromatic rings. The predicted octanol–water partition coefficient (Wildman–Crippen LogP) is 2.80. The molecule has 3 N–H and O–H groups in total. The van der Waals surface area contributed by atoms with Gasteiger partial charge in [-0.3, -0.25) is 10.2 Å². The normalized spacial score (nSPS) is 20.9. The molecular weight excluding hydrogens is 290 g/mol. The van der Waals surface area contributed by atoms with Gasteiger partial charge in [0.15, 0.2) is 0 Å². The molecule has 0 aliphatic carbocycles. The van der Waals surface area contributed by atoms with Crippen LogP contribution in [0, 0.1) is 5.92 Å². The Morgan fingerprint density at radius 1 is 1.43 bits per heavy atom. The molecule has 0 bridgehead atoms. The highest BCUT2D eigenvalue weighted by atomic mass is 16.5. The van der Waals surface area contributed by atoms with Gasteiger partial charge >= 0.3 is 0 Å². The smallest absolute Gasteiger partial charge is 0.256 e. The van der Waals surface area contributed by atoms with Gasteiger partial charge in [0.1, 0.15) is 11.8 Å². The molecule has 23 heavy (non-hydrogen) atoms. The molecule has 0 saturated heterocycles. The molecule has 0 radical (unpaired) electrons. The molecule has 128 valence electrons. The lowest BCUT2D eigenvalue weighted by Crippen LogP contribution is -2.61. The van der Waals surface area contributed by atoms with Crippen molar-refractivity contribution in [2.75, 3.05) is 12.0 Å². The second kappa shape index (κ2) is 6.40. The van der Waals surface area contributed by atoms with Crippen LogP contribution < -0.4 is 20.9 Å². The molecule has 5 heteroatoms. The quantitative estimate of drug-likeness (QED) is 0.509. The van der Waals surface area contributed by atoms with E-state index in [1.165, 1.54) is 5.56 Å². The molecule has 0 saturated carbocycles. The van der Waals surface area contributed by atoms with E-state index >= 15 is 0 Å². The molecule has 1 amide bonds. The van der Waals surface area contributed by atoms with Crippen LogP contribution in [0.5, 0.6) is 5.75 Å². The number of nitrogens with one attached hydrogen (secondary N) is 1. The topological polar surface area (TPSA) is 67.6 Å². The number of hydrogen-bond donors (Lipinski definition) is 2. The van der Waals surface area contributed by atoms with E-state index in [9.17, 15) is 4.79 Å². The monoisotopic (exact) mass is 319 g/mol. The highest BCUT2D eigenvalue weighted by molar-refractivity contribution is 5.86. The minimum atomic E-state index is -0.326. The summed E-state index contributed by atoms with van der Waals surface area (Å²) < 4.78 is 5.41. The van der Waals surface area contributed by atoms with Crippen LogP contribution in [0.25, 0.3) is 0 Å². The summed E-state index contributed by atoms with van der Waals surface area (Å²) in [6.07, 6.45) is 0.980. The maximum atomic E-state index is 12.5. The molecule has 2 rings (SSSR count). The Hall–Kier alpha value is -1.75. The average Bonchev–Trinajstić information content (AvgIpc) is 2.49. The molecule has 5 nitrogen and oxygen atoms in total. The van der Waals surface area contributed by atoms with E-state index in [0.29, 0.717) is 5.92 Å². The summed E-state index contributed by atoms with van der Waals surface area (Å²) in [5, 5.41) is 0. The standard InChI is InChI=1S/C18H29N3O2/c1-11(2)16(17(22)20-19)21-15-9-13(23-6)7-8-14(15)12(3)10-18(21,4)5/h7-9,11-12,16H,10,19H2,1-6H3,(H,20,22)/t12-,16+/m1/s1. The Kier molecular flexibility index (Phi) is 4.90. The summed E-state index contributed by atoms with van der Waals surface area (Å²) in [6.45, 7) is 10.7. The van der Waals surface area contributed by atoms with Crippen molar-refractivity contribution in [2.24, 2.45) is 11.8 Å². The van der Waals surface area contributed by atoms with Gasteiger partial charge in [0, 0.05) is 17.3 Å². The zero-order chi connectivity index (χ0) is 17.4. The number of hydrogen-bond acceptors (Lipinski definition) is 4. The highest BCUT2D eigenvalue weighted by Gasteiger charge is 2.43. The van der Waals surface area contributed by atoms with E-state index < -0.39 is 0 Å². The van der Waals surface area contributed by atoms with E-state index in [1.54, 1.807) is 7.11 Å². The number of rotatable bonds is 4. The fourth-order valence-electron chi connectivity index (χ4n) is 3.89. The lowest BCUT2D eigenvalue weighted by atomic mass is 9.78. The highest BCUT2D eigenvalue weighted by Crippen LogP contribution is 2.46. The van der Waals surface area contributed by atoms with Crippen LogP contribution in [0.3, 0.4) is 0 Å². The van der Waals surface area contributed by atoms with E-state index in [4.69, 9.17) is 10.6 Å². The van der Waals surface area contributed by atoms with Crippen molar-refractivity contribution in [3.05, 3.63) is 23.8 Å². The van der Waals surface area contributed by atoms with Crippen molar-refractivity contribution in [3.8, 4) is 5.75 Å². The molecule has 1 heterocycles. The van der Waals surface area contributed by atoms with Gasteiger partial charge in [0.2, 0.25) is 0 Å². The van der Waals surface area contributed by atoms with Gasteiger partial charge in [-0.1, -0.05) is 26.8 Å². The van der Waals surface area contributed by atoms with Crippen molar-refractivity contribution in [1.82, 2.24) is 5.43 Å². The number of anilines is 1. The number of carbonyl (C=O) groups excluding carboxylic acids is 1. The summed E-state index contributed by atoms with van der Waals surface area (Å²) in [6, 6.07) is 5.80. The van der Waals surface area contributed by atoms with Gasteiger partial charge in [0.05, 0.1) is 7.11 Å². The molecule has 0 fully saturated rings. The Labute approximate surface area is 139 Å². The second-order valence-electron chi connectivity index (χ2n) is 7.41. The van der Waals surface area contributed by atoms with Gasteiger partial charge in [0.25, 0.3) is 5.91 Å². The minimum Gasteiger partial charge on any atom is -0.497 e. The number of carbonyl (C=O) groups is 1. The van der Waals surface area contributed by atoms with Crippen molar-refractivity contribution in [2.45, 2.75) is 58.5 Å². The van der Waals surface area contributed by atoms with E-state index in [0.717, 1.165) is 17.9 Å². The Bertz CT molecular complexity index is 584. The summed E-state index contributed by atoms with van der Waals surface area (Å²) in [5.74, 6) is 6.66. The molecule has 1 aromatic carbocycles. The van der Waals surface area contributed by atoms with Gasteiger partial charge in [-0.2, -0.15) is 0 Å². The SMILES string of the molecule is COc1ccc2c(c1)N([C@H](C(=O)NN)C(C)C)C(C)(C)C[C@H]2C. The Morgan fingerprint density at radius 2 is 2.09 bits per heavy atom. The zero-order valence-electron chi connectivity index (χ0n) is 15.0. The fraction of sp³-hybridized carbons (Fsp3) is 0.611. The zero-order valence-corrected chi connectivity index (χ0v) is 15.0. The number of ether oxygens (including phenoxy) is 1. The Balaban J connectivity index is 2.64. The molecular formula is C18H29N3O2. The van der Waals surface area contributed by atoms with Crippen molar-refractivity contribution < 1.29 is 9.53 Å². The maximum Gasteiger partial charge on any atom is 0.256 e. The third kappa shape index (κ3) is 3.15. The summed E-state index contributed by atoms with van der Waals surface area (Å²) in [5.41, 5.74) is 4.50. The van der Waals surface area contributed by atoms with E-state index in [2.05, 4.69) is 37.2 Å². The van der Waals surface area contributed by atoms with Crippen molar-refractivity contribution in [1.29, 1.82) is 0 Å². The Morgan fingerprint density at radius 3 is 2.61 bits per heavy atom. The maximum absolute atomic E-state index is 12.5. The lowest BCUT2D eigenvalue weighted by Gasteiger charge is -2.51. The predicted molar refractivity (Wildman–Crippen MR) is 93.5 cm³/mol. The fourth-order valence-corrected chi connectivity index (χ4v) is 3.89. The first-order valence-electron chi connectivity index (χ1n) is 8.20. The number of methoxy groups -OCH3 is 1. The van der Waals surface area contributed by atoms with Crippen LogP contribution in [0.15, 0.2) is 18.2 Å². The molecule has 0 aromatic heterocycles. The van der Waals surface area contributed by atoms with Gasteiger partial charge < -0.3 is 9.64 Å². The largest absolute Gasteiger partial charge is 0.497 e. The number of fused-ring (bicyclic) bond motifs is 1. The molecule has 1 aliphatic heterocycles. The van der Waals surface area contributed by atoms with E-state index in [-0.39, 0.29) is 23.4 Å². The molecule has 0 spiro atoms. The van der Waals surface area contributed by atoms with Crippen LogP contribution in [0.4, 0.5) is 5.69 Å². The third-order valence-corrected chi connectivity index (χ3v) is 4.81. The first-order valence-corrected chi connectivity index (χ1v) is 8.20. The van der Waals surface area contributed by atoms with Crippen molar-refractivity contribution in [3.63, 3.8) is 0 Å². The first-order chi connectivity index (χ1) is 10.7. The summed E-state index contributed by atoms with van der Waals surface area (Å²) in [7, 11) is 1.66. The van der Waals surface area contributed by atoms with Crippen LogP contribution in [-0.4, -0.2) is 24.6 Å². The average molecular weight is 319 g/mol. The summed E-state index contributed by atoms with van der Waals surface area (Å²) in [4.78, 5) is 14.7. The third-order valence-electron chi connectivity index (χ3n) is 4.81. The number of amides is 1. The molecule has 2 atom stereocenters. The van der Waals surface area contributed by atoms with Crippen LogP contribution >= 0.6 is 0 Å². The van der Waals surface area contributed by atoms with Crippen LogP contribution in [-0.2, 0) is 4.79 Å². The van der Waals surface area contributed by atoms with Gasteiger partial charge in [-0.05, 0) is 43.7 Å². The van der Waals surface area contributed by atoms with E-state index in [1.807, 2.05) is 26.0 Å².